The van der Waals surface area contributed by atoms with Crippen molar-refractivity contribution in [2.24, 2.45) is 5.92 Å². The van der Waals surface area contributed by atoms with Gasteiger partial charge in [0.1, 0.15) is 0 Å². The predicted molar refractivity (Wildman–Crippen MR) is 82.2 cm³/mol. The molecule has 3 atom stereocenters. The van der Waals surface area contributed by atoms with Crippen LogP contribution in [0.15, 0.2) is 0 Å². The number of hydrogen-bond donors (Lipinski definition) is 1. The van der Waals surface area contributed by atoms with Gasteiger partial charge in [-0.05, 0) is 38.1 Å². The molecule has 0 aromatic carbocycles. The third-order valence-corrected chi connectivity index (χ3v) is 6.52. The molecule has 3 unspecified atom stereocenters. The molecule has 1 saturated heterocycles. The van der Waals surface area contributed by atoms with Gasteiger partial charge in [0.05, 0.1) is 11.0 Å². The van der Waals surface area contributed by atoms with Crippen LogP contribution in [-0.4, -0.2) is 32.0 Å². The fourth-order valence-electron chi connectivity index (χ4n) is 3.17. The van der Waals surface area contributed by atoms with Crippen molar-refractivity contribution in [3.05, 3.63) is 0 Å². The quantitative estimate of drug-likeness (QED) is 0.746. The molecule has 0 aromatic heterocycles. The first kappa shape index (κ1) is 17.0. The number of sulfone groups is 1. The van der Waals surface area contributed by atoms with Crippen LogP contribution in [0.2, 0.25) is 0 Å². The van der Waals surface area contributed by atoms with Crippen LogP contribution in [0, 0.1) is 5.92 Å². The Labute approximate surface area is 119 Å². The molecular weight excluding hydrogens is 258 g/mol. The zero-order valence-corrected chi connectivity index (χ0v) is 13.6. The summed E-state index contributed by atoms with van der Waals surface area (Å²) >= 11 is 0. The second kappa shape index (κ2) is 8.25. The van der Waals surface area contributed by atoms with Gasteiger partial charge in [0.15, 0.2) is 9.84 Å². The van der Waals surface area contributed by atoms with Gasteiger partial charge in [-0.3, -0.25) is 0 Å². The molecule has 0 bridgehead atoms. The summed E-state index contributed by atoms with van der Waals surface area (Å²) in [6.07, 6.45) is 7.20. The third kappa shape index (κ3) is 5.42. The van der Waals surface area contributed by atoms with E-state index in [1.54, 1.807) is 0 Å². The molecule has 1 aliphatic heterocycles. The fraction of sp³-hybridized carbons (Fsp3) is 1.00. The van der Waals surface area contributed by atoms with E-state index in [1.807, 2.05) is 0 Å². The fourth-order valence-corrected chi connectivity index (χ4v) is 5.31. The highest BCUT2D eigenvalue weighted by molar-refractivity contribution is 7.92. The SMILES string of the molecule is CCCNC(CC(C)CCC)C1CCCCS1(=O)=O. The van der Waals surface area contributed by atoms with Crippen LogP contribution in [0.1, 0.15) is 65.7 Å². The highest BCUT2D eigenvalue weighted by Gasteiger charge is 2.35. The largest absolute Gasteiger partial charge is 0.313 e. The minimum atomic E-state index is -2.88. The van der Waals surface area contributed by atoms with Gasteiger partial charge in [0.2, 0.25) is 0 Å². The first-order valence-electron chi connectivity index (χ1n) is 7.96. The van der Waals surface area contributed by atoms with Crippen molar-refractivity contribution in [1.82, 2.24) is 5.32 Å². The molecule has 1 fully saturated rings. The maximum Gasteiger partial charge on any atom is 0.154 e. The first-order valence-corrected chi connectivity index (χ1v) is 9.67. The lowest BCUT2D eigenvalue weighted by atomic mass is 9.93. The van der Waals surface area contributed by atoms with Crippen LogP contribution in [0.5, 0.6) is 0 Å². The average Bonchev–Trinajstić information content (AvgIpc) is 2.34. The third-order valence-electron chi connectivity index (χ3n) is 4.17. The number of nitrogens with one attached hydrogen (secondary N) is 1. The van der Waals surface area contributed by atoms with Gasteiger partial charge >= 0.3 is 0 Å². The molecule has 1 heterocycles. The van der Waals surface area contributed by atoms with Crippen LogP contribution in [0.4, 0.5) is 0 Å². The molecule has 3 nitrogen and oxygen atoms in total. The van der Waals surface area contributed by atoms with E-state index in [0.717, 1.165) is 38.6 Å². The second-order valence-electron chi connectivity index (χ2n) is 6.09. The lowest BCUT2D eigenvalue weighted by molar-refractivity contribution is 0.353. The van der Waals surface area contributed by atoms with Gasteiger partial charge in [-0.2, -0.15) is 0 Å². The molecule has 1 N–H and O–H groups in total. The van der Waals surface area contributed by atoms with Crippen molar-refractivity contribution in [3.63, 3.8) is 0 Å². The summed E-state index contributed by atoms with van der Waals surface area (Å²) in [7, 11) is -2.88. The summed E-state index contributed by atoms with van der Waals surface area (Å²) in [6.45, 7) is 7.51. The van der Waals surface area contributed by atoms with E-state index in [4.69, 9.17) is 0 Å². The zero-order valence-electron chi connectivity index (χ0n) is 12.8. The normalized spacial score (nSPS) is 25.9. The Kier molecular flexibility index (Phi) is 7.37. The maximum atomic E-state index is 12.3. The standard InChI is InChI=1S/C15H31NO2S/c1-4-8-13(3)12-14(16-10-5-2)15-9-6-7-11-19(15,17)18/h13-16H,4-12H2,1-3H3. The molecule has 4 heteroatoms. The zero-order chi connectivity index (χ0) is 14.3. The Hall–Kier alpha value is -0.0900. The number of hydrogen-bond acceptors (Lipinski definition) is 3. The van der Waals surface area contributed by atoms with Gasteiger partial charge in [-0.25, -0.2) is 8.42 Å². The highest BCUT2D eigenvalue weighted by Crippen LogP contribution is 2.26. The Balaban J connectivity index is 2.71. The monoisotopic (exact) mass is 289 g/mol. The van der Waals surface area contributed by atoms with Crippen molar-refractivity contribution in [3.8, 4) is 0 Å². The molecule has 114 valence electrons. The van der Waals surface area contributed by atoms with Crippen LogP contribution in [0.25, 0.3) is 0 Å². The lowest BCUT2D eigenvalue weighted by Gasteiger charge is -2.32. The van der Waals surface area contributed by atoms with Gasteiger partial charge in [0, 0.05) is 6.04 Å². The molecule has 0 aliphatic carbocycles. The van der Waals surface area contributed by atoms with E-state index < -0.39 is 9.84 Å². The summed E-state index contributed by atoms with van der Waals surface area (Å²) in [5, 5.41) is 3.36. The van der Waals surface area contributed by atoms with Gasteiger partial charge in [0.25, 0.3) is 0 Å². The van der Waals surface area contributed by atoms with Crippen molar-refractivity contribution in [1.29, 1.82) is 0 Å². The van der Waals surface area contributed by atoms with Crippen molar-refractivity contribution in [2.45, 2.75) is 77.0 Å². The summed E-state index contributed by atoms with van der Waals surface area (Å²) in [4.78, 5) is 0. The van der Waals surface area contributed by atoms with Crippen molar-refractivity contribution in [2.75, 3.05) is 12.3 Å². The molecule has 0 radical (unpaired) electrons. The topological polar surface area (TPSA) is 46.2 Å². The van der Waals surface area contributed by atoms with E-state index in [2.05, 4.69) is 26.1 Å². The average molecular weight is 289 g/mol. The summed E-state index contributed by atoms with van der Waals surface area (Å²) < 4.78 is 24.6. The smallest absolute Gasteiger partial charge is 0.154 e. The summed E-state index contributed by atoms with van der Waals surface area (Å²) in [5.74, 6) is 1.00. The Morgan fingerprint density at radius 1 is 1.21 bits per heavy atom. The molecule has 0 saturated carbocycles. The van der Waals surface area contributed by atoms with E-state index in [1.165, 1.54) is 12.8 Å². The minimum Gasteiger partial charge on any atom is -0.313 e. The van der Waals surface area contributed by atoms with Crippen molar-refractivity contribution >= 4 is 9.84 Å². The van der Waals surface area contributed by atoms with E-state index >= 15 is 0 Å². The molecule has 0 spiro atoms. The molecular formula is C15H31NO2S. The lowest BCUT2D eigenvalue weighted by Crippen LogP contribution is -2.47. The van der Waals surface area contributed by atoms with Crippen molar-refractivity contribution < 1.29 is 8.42 Å². The van der Waals surface area contributed by atoms with E-state index in [9.17, 15) is 8.42 Å². The summed E-state index contributed by atoms with van der Waals surface area (Å²) in [6, 6.07) is 0.159. The van der Waals surface area contributed by atoms with Crippen LogP contribution in [0.3, 0.4) is 0 Å². The predicted octanol–water partition coefficient (Wildman–Crippen LogP) is 3.15. The number of rotatable bonds is 8. The molecule has 1 aliphatic rings. The summed E-state index contributed by atoms with van der Waals surface area (Å²) in [5.41, 5.74) is 0. The molecule has 0 aromatic rings. The first-order chi connectivity index (χ1) is 9.01. The maximum absolute atomic E-state index is 12.3. The second-order valence-corrected chi connectivity index (χ2v) is 8.43. The Morgan fingerprint density at radius 2 is 1.95 bits per heavy atom. The van der Waals surface area contributed by atoms with Gasteiger partial charge < -0.3 is 5.32 Å². The van der Waals surface area contributed by atoms with E-state index in [0.29, 0.717) is 11.7 Å². The molecule has 0 amide bonds. The van der Waals surface area contributed by atoms with Crippen LogP contribution < -0.4 is 5.32 Å². The minimum absolute atomic E-state index is 0.146. The molecule has 19 heavy (non-hydrogen) atoms. The molecule has 1 rings (SSSR count). The van der Waals surface area contributed by atoms with Crippen LogP contribution >= 0.6 is 0 Å². The Bertz CT molecular complexity index is 340. The van der Waals surface area contributed by atoms with Crippen LogP contribution in [-0.2, 0) is 9.84 Å². The van der Waals surface area contributed by atoms with E-state index in [-0.39, 0.29) is 11.3 Å². The van der Waals surface area contributed by atoms with Gasteiger partial charge in [-0.15, -0.1) is 0 Å². The Morgan fingerprint density at radius 3 is 2.53 bits per heavy atom. The van der Waals surface area contributed by atoms with Gasteiger partial charge in [-0.1, -0.05) is 40.0 Å². The highest BCUT2D eigenvalue weighted by atomic mass is 32.2.